The largest absolute Gasteiger partial charge is 0.481 e. The summed E-state index contributed by atoms with van der Waals surface area (Å²) in [6.45, 7) is 4.53. The molecule has 2 N–H and O–H groups in total. The molecule has 1 aliphatic rings. The van der Waals surface area contributed by atoms with Gasteiger partial charge in [0.15, 0.2) is 12.4 Å². The number of nitrogens with one attached hydrogen (secondary N) is 2. The molecule has 0 fully saturated rings. The predicted octanol–water partition coefficient (Wildman–Crippen LogP) is 1.76. The Balaban J connectivity index is 2.16. The number of anilines is 2. The van der Waals surface area contributed by atoms with E-state index in [0.717, 1.165) is 0 Å². The minimum Gasteiger partial charge on any atom is -0.481 e. The number of amides is 1. The van der Waals surface area contributed by atoms with Crippen molar-refractivity contribution in [3.05, 3.63) is 22.2 Å². The molecule has 0 radical (unpaired) electrons. The lowest BCUT2D eigenvalue weighted by Crippen LogP contribution is -2.25. The number of nitro benzene ring substituents is 1. The maximum absolute atomic E-state index is 11.3. The molecule has 8 heteroatoms. The Kier molecular flexibility index (Phi) is 4.59. The summed E-state index contributed by atoms with van der Waals surface area (Å²) >= 11 is 0. The first-order chi connectivity index (χ1) is 9.97. The van der Waals surface area contributed by atoms with E-state index in [9.17, 15) is 14.9 Å². The Morgan fingerprint density at radius 1 is 1.52 bits per heavy atom. The topological polar surface area (TPSA) is 103 Å². The van der Waals surface area contributed by atoms with Crippen molar-refractivity contribution in [2.45, 2.75) is 20.0 Å². The zero-order chi connectivity index (χ0) is 15.4. The Hall–Kier alpha value is -2.35. The van der Waals surface area contributed by atoms with Crippen LogP contribution >= 0.6 is 0 Å². The fraction of sp³-hybridized carbons (Fsp3) is 0.462. The van der Waals surface area contributed by atoms with Gasteiger partial charge >= 0.3 is 0 Å². The number of carbonyl (C=O) groups excluding carboxylic acids is 1. The highest BCUT2D eigenvalue weighted by Crippen LogP contribution is 2.37. The fourth-order valence-electron chi connectivity index (χ4n) is 1.89. The van der Waals surface area contributed by atoms with Crippen LogP contribution in [0.3, 0.4) is 0 Å². The summed E-state index contributed by atoms with van der Waals surface area (Å²) in [6, 6.07) is 2.81. The van der Waals surface area contributed by atoms with Crippen LogP contribution in [0.4, 0.5) is 17.1 Å². The molecule has 0 bridgehead atoms. The number of hydrogen-bond donors (Lipinski definition) is 2. The monoisotopic (exact) mass is 295 g/mol. The lowest BCUT2D eigenvalue weighted by Gasteiger charge is -2.19. The van der Waals surface area contributed by atoms with Crippen LogP contribution in [0.1, 0.15) is 13.8 Å². The molecular weight excluding hydrogens is 278 g/mol. The van der Waals surface area contributed by atoms with Gasteiger partial charge in [0.2, 0.25) is 0 Å². The van der Waals surface area contributed by atoms with Crippen molar-refractivity contribution in [2.75, 3.05) is 30.4 Å². The number of benzene rings is 1. The first-order valence-electron chi connectivity index (χ1n) is 6.58. The van der Waals surface area contributed by atoms with Crippen molar-refractivity contribution in [3.8, 4) is 5.75 Å². The second kappa shape index (κ2) is 6.40. The number of ether oxygens (including phenoxy) is 2. The van der Waals surface area contributed by atoms with Crippen molar-refractivity contribution < 1.29 is 19.2 Å². The number of fused-ring (bicyclic) bond motifs is 1. The summed E-state index contributed by atoms with van der Waals surface area (Å²) in [5, 5.41) is 16.7. The van der Waals surface area contributed by atoms with Crippen molar-refractivity contribution in [1.82, 2.24) is 0 Å². The average Bonchev–Trinajstić information content (AvgIpc) is 2.42. The van der Waals surface area contributed by atoms with Crippen molar-refractivity contribution in [2.24, 2.45) is 0 Å². The quantitative estimate of drug-likeness (QED) is 0.471. The molecule has 1 aliphatic heterocycles. The van der Waals surface area contributed by atoms with E-state index in [1.165, 1.54) is 12.1 Å². The first-order valence-corrected chi connectivity index (χ1v) is 6.58. The van der Waals surface area contributed by atoms with Crippen LogP contribution < -0.4 is 15.4 Å². The molecule has 1 heterocycles. The molecule has 1 amide bonds. The highest BCUT2D eigenvalue weighted by Gasteiger charge is 2.23. The van der Waals surface area contributed by atoms with Crippen LogP contribution in [-0.2, 0) is 9.53 Å². The third kappa shape index (κ3) is 3.82. The van der Waals surface area contributed by atoms with Gasteiger partial charge in [0.1, 0.15) is 5.69 Å². The van der Waals surface area contributed by atoms with E-state index >= 15 is 0 Å². The van der Waals surface area contributed by atoms with E-state index < -0.39 is 4.92 Å². The number of nitro groups is 1. The van der Waals surface area contributed by atoms with E-state index in [0.29, 0.717) is 30.3 Å². The van der Waals surface area contributed by atoms with Gasteiger partial charge in [0.25, 0.3) is 11.6 Å². The summed E-state index contributed by atoms with van der Waals surface area (Å²) in [6.07, 6.45) is 0.0954. The smallest absolute Gasteiger partial charge is 0.296 e. The normalized spacial score (nSPS) is 13.4. The first kappa shape index (κ1) is 15.0. The molecule has 0 aromatic heterocycles. The molecule has 2 rings (SSSR count). The molecule has 0 unspecified atom stereocenters. The van der Waals surface area contributed by atoms with Crippen molar-refractivity contribution >= 4 is 23.0 Å². The van der Waals surface area contributed by atoms with Gasteiger partial charge < -0.3 is 20.1 Å². The average molecular weight is 295 g/mol. The summed E-state index contributed by atoms with van der Waals surface area (Å²) in [5.41, 5.74) is 0.635. The highest BCUT2D eigenvalue weighted by molar-refractivity contribution is 5.96. The molecule has 0 atom stereocenters. The number of carbonyl (C=O) groups is 1. The molecule has 0 saturated heterocycles. The molecule has 0 saturated carbocycles. The van der Waals surface area contributed by atoms with Crippen LogP contribution in [0.5, 0.6) is 5.75 Å². The molecule has 114 valence electrons. The zero-order valence-electron chi connectivity index (χ0n) is 11.8. The van der Waals surface area contributed by atoms with Crippen molar-refractivity contribution in [1.29, 1.82) is 0 Å². The maximum Gasteiger partial charge on any atom is 0.296 e. The molecular formula is C13H17N3O5. The molecule has 0 spiro atoms. The van der Waals surface area contributed by atoms with Gasteiger partial charge in [-0.25, -0.2) is 0 Å². The van der Waals surface area contributed by atoms with Crippen LogP contribution in [0.2, 0.25) is 0 Å². The fourth-order valence-corrected chi connectivity index (χ4v) is 1.89. The van der Waals surface area contributed by atoms with E-state index in [2.05, 4.69) is 10.6 Å². The van der Waals surface area contributed by atoms with Crippen LogP contribution in [0, 0.1) is 10.1 Å². The summed E-state index contributed by atoms with van der Waals surface area (Å²) in [7, 11) is 0. The Morgan fingerprint density at radius 2 is 2.29 bits per heavy atom. The molecule has 8 nitrogen and oxygen atoms in total. The van der Waals surface area contributed by atoms with Crippen LogP contribution in [0.25, 0.3) is 0 Å². The van der Waals surface area contributed by atoms with Crippen LogP contribution in [-0.4, -0.2) is 36.7 Å². The van der Waals surface area contributed by atoms with E-state index in [1.54, 1.807) is 0 Å². The lowest BCUT2D eigenvalue weighted by molar-refractivity contribution is -0.384. The third-order valence-electron chi connectivity index (χ3n) is 2.80. The molecule has 1 aromatic rings. The van der Waals surface area contributed by atoms with Gasteiger partial charge in [-0.05, 0) is 19.9 Å². The Morgan fingerprint density at radius 3 is 2.95 bits per heavy atom. The SMILES string of the molecule is CC(C)OCCNc1cc2c(cc1[N+](=O)[O-])OCC(=O)N2. The second-order valence-corrected chi connectivity index (χ2v) is 4.81. The maximum atomic E-state index is 11.3. The number of hydrogen-bond acceptors (Lipinski definition) is 6. The van der Waals surface area contributed by atoms with Gasteiger partial charge in [-0.15, -0.1) is 0 Å². The second-order valence-electron chi connectivity index (χ2n) is 4.81. The Bertz CT molecular complexity index is 559. The van der Waals surface area contributed by atoms with Gasteiger partial charge in [-0.3, -0.25) is 14.9 Å². The highest BCUT2D eigenvalue weighted by atomic mass is 16.6. The Labute approximate surface area is 121 Å². The van der Waals surface area contributed by atoms with E-state index in [4.69, 9.17) is 9.47 Å². The standard InChI is InChI=1S/C13H17N3O5/c1-8(2)20-4-3-14-9-5-10-12(6-11(9)16(18)19)21-7-13(17)15-10/h5-6,8,14H,3-4,7H2,1-2H3,(H,15,17). The van der Waals surface area contributed by atoms with Crippen molar-refractivity contribution in [3.63, 3.8) is 0 Å². The number of rotatable bonds is 6. The minimum absolute atomic E-state index is 0.0954. The van der Waals surface area contributed by atoms with Gasteiger partial charge in [0.05, 0.1) is 29.4 Å². The summed E-state index contributed by atoms with van der Waals surface area (Å²) in [5.74, 6) is 0.00993. The van der Waals surface area contributed by atoms with Gasteiger partial charge in [-0.2, -0.15) is 0 Å². The lowest BCUT2D eigenvalue weighted by atomic mass is 10.2. The van der Waals surface area contributed by atoms with Crippen LogP contribution in [0.15, 0.2) is 12.1 Å². The zero-order valence-corrected chi connectivity index (χ0v) is 11.8. The third-order valence-corrected chi connectivity index (χ3v) is 2.80. The van der Waals surface area contributed by atoms with Gasteiger partial charge in [-0.1, -0.05) is 0 Å². The summed E-state index contributed by atoms with van der Waals surface area (Å²) < 4.78 is 10.5. The van der Waals surface area contributed by atoms with Gasteiger partial charge in [0, 0.05) is 6.54 Å². The summed E-state index contributed by atoms with van der Waals surface area (Å²) in [4.78, 5) is 21.9. The van der Waals surface area contributed by atoms with E-state index in [-0.39, 0.29) is 24.3 Å². The number of nitrogens with zero attached hydrogens (tertiary/aromatic N) is 1. The minimum atomic E-state index is -0.494. The molecule has 21 heavy (non-hydrogen) atoms. The molecule has 0 aliphatic carbocycles. The molecule has 1 aromatic carbocycles. The predicted molar refractivity (Wildman–Crippen MR) is 76.8 cm³/mol. The van der Waals surface area contributed by atoms with E-state index in [1.807, 2.05) is 13.8 Å².